The van der Waals surface area contributed by atoms with E-state index in [9.17, 15) is 0 Å². The van der Waals surface area contributed by atoms with E-state index >= 15 is 0 Å². The third-order valence-electron chi connectivity index (χ3n) is 1.97. The molecular weight excluding hydrogens is 212 g/mol. The average Bonchev–Trinajstić information content (AvgIpc) is 2.18. The van der Waals surface area contributed by atoms with E-state index in [2.05, 4.69) is 11.6 Å². The number of pyridine rings is 1. The lowest BCUT2D eigenvalue weighted by atomic mass is 10.3. The molecule has 0 unspecified atom stereocenters. The number of hydrogen-bond donors (Lipinski definition) is 1. The van der Waals surface area contributed by atoms with Crippen LogP contribution < -0.4 is 0 Å². The lowest BCUT2D eigenvalue weighted by Crippen LogP contribution is -2.26. The second-order valence-corrected chi connectivity index (χ2v) is 3.65. The second kappa shape index (κ2) is 6.56. The topological polar surface area (TPSA) is 36.4 Å². The number of aliphatic hydroxyl groups is 1. The molecule has 0 radical (unpaired) electrons. The summed E-state index contributed by atoms with van der Waals surface area (Å²) in [6.45, 7) is 5.82. The molecule has 0 bridgehead atoms. The smallest absolute Gasteiger partial charge is 0.0558 e. The van der Waals surface area contributed by atoms with Gasteiger partial charge in [-0.05, 0) is 12.1 Å². The lowest BCUT2D eigenvalue weighted by Gasteiger charge is -2.18. The first-order chi connectivity index (χ1) is 7.26. The molecule has 1 aromatic heterocycles. The minimum absolute atomic E-state index is 0.133. The summed E-state index contributed by atoms with van der Waals surface area (Å²) < 4.78 is 0. The molecule has 0 spiro atoms. The first-order valence-corrected chi connectivity index (χ1v) is 5.18. The Labute approximate surface area is 95.0 Å². The van der Waals surface area contributed by atoms with Crippen molar-refractivity contribution in [2.24, 2.45) is 0 Å². The van der Waals surface area contributed by atoms with Crippen LogP contribution in [-0.4, -0.2) is 34.7 Å². The number of rotatable bonds is 6. The Morgan fingerprint density at radius 2 is 2.40 bits per heavy atom. The zero-order chi connectivity index (χ0) is 11.1. The third-order valence-corrected chi connectivity index (χ3v) is 2.20. The quantitative estimate of drug-likeness (QED) is 0.751. The fourth-order valence-corrected chi connectivity index (χ4v) is 1.51. The number of hydrogen-bond acceptors (Lipinski definition) is 3. The molecule has 0 aromatic carbocycles. The summed E-state index contributed by atoms with van der Waals surface area (Å²) in [6.07, 6.45) is 3.49. The van der Waals surface area contributed by atoms with E-state index in [4.69, 9.17) is 16.7 Å². The molecule has 15 heavy (non-hydrogen) atoms. The predicted octanol–water partition coefficient (Wildman–Crippen LogP) is 1.72. The maximum atomic E-state index is 8.87. The van der Waals surface area contributed by atoms with Crippen molar-refractivity contribution in [3.63, 3.8) is 0 Å². The maximum Gasteiger partial charge on any atom is 0.0558 e. The Hall–Kier alpha value is -0.900. The van der Waals surface area contributed by atoms with Gasteiger partial charge in [-0.1, -0.05) is 17.7 Å². The molecule has 0 fully saturated rings. The van der Waals surface area contributed by atoms with Crippen LogP contribution in [0.4, 0.5) is 0 Å². The Morgan fingerprint density at radius 3 is 3.00 bits per heavy atom. The van der Waals surface area contributed by atoms with Gasteiger partial charge in [0.1, 0.15) is 0 Å². The Bertz CT molecular complexity index is 317. The Kier molecular flexibility index (Phi) is 5.32. The Morgan fingerprint density at radius 1 is 1.60 bits per heavy atom. The van der Waals surface area contributed by atoms with Gasteiger partial charge < -0.3 is 5.11 Å². The molecule has 1 N–H and O–H groups in total. The van der Waals surface area contributed by atoms with Gasteiger partial charge in [-0.25, -0.2) is 0 Å². The summed E-state index contributed by atoms with van der Waals surface area (Å²) in [5, 5.41) is 9.56. The number of aromatic nitrogens is 1. The summed E-state index contributed by atoms with van der Waals surface area (Å²) in [4.78, 5) is 6.25. The van der Waals surface area contributed by atoms with Crippen LogP contribution in [0.25, 0.3) is 0 Å². The predicted molar refractivity (Wildman–Crippen MR) is 61.8 cm³/mol. The van der Waals surface area contributed by atoms with Crippen molar-refractivity contribution >= 4 is 11.6 Å². The van der Waals surface area contributed by atoms with Crippen LogP contribution in [0.1, 0.15) is 5.69 Å². The van der Waals surface area contributed by atoms with Gasteiger partial charge in [0.25, 0.3) is 0 Å². The van der Waals surface area contributed by atoms with Gasteiger partial charge in [-0.2, -0.15) is 0 Å². The number of halogens is 1. The molecule has 0 atom stereocenters. The normalized spacial score (nSPS) is 10.6. The van der Waals surface area contributed by atoms with Crippen molar-refractivity contribution in [2.45, 2.75) is 6.54 Å². The van der Waals surface area contributed by atoms with E-state index in [-0.39, 0.29) is 6.61 Å². The summed E-state index contributed by atoms with van der Waals surface area (Å²) >= 11 is 5.85. The van der Waals surface area contributed by atoms with Gasteiger partial charge in [0, 0.05) is 30.9 Å². The fraction of sp³-hybridized carbons (Fsp3) is 0.364. The van der Waals surface area contributed by atoms with Crippen LogP contribution in [0.2, 0.25) is 5.02 Å². The molecule has 0 amide bonds. The van der Waals surface area contributed by atoms with Gasteiger partial charge in [-0.3, -0.25) is 9.88 Å². The molecular formula is C11H15ClN2O. The fourth-order valence-electron chi connectivity index (χ4n) is 1.32. The minimum atomic E-state index is 0.133. The molecule has 82 valence electrons. The van der Waals surface area contributed by atoms with Crippen LogP contribution in [-0.2, 0) is 6.54 Å². The number of nitrogens with zero attached hydrogens (tertiary/aromatic N) is 2. The minimum Gasteiger partial charge on any atom is -0.395 e. The molecule has 0 saturated heterocycles. The molecule has 0 saturated carbocycles. The van der Waals surface area contributed by atoms with Gasteiger partial charge in [0.15, 0.2) is 0 Å². The van der Waals surface area contributed by atoms with E-state index < -0.39 is 0 Å². The van der Waals surface area contributed by atoms with E-state index in [1.165, 1.54) is 0 Å². The molecule has 0 aliphatic heterocycles. The van der Waals surface area contributed by atoms with Crippen molar-refractivity contribution in [2.75, 3.05) is 19.7 Å². The highest BCUT2D eigenvalue weighted by molar-refractivity contribution is 6.30. The van der Waals surface area contributed by atoms with Gasteiger partial charge in [-0.15, -0.1) is 6.58 Å². The molecule has 1 aromatic rings. The lowest BCUT2D eigenvalue weighted by molar-refractivity contribution is 0.202. The van der Waals surface area contributed by atoms with E-state index in [1.807, 2.05) is 11.0 Å². The van der Waals surface area contributed by atoms with Crippen LogP contribution in [0.5, 0.6) is 0 Å². The zero-order valence-electron chi connectivity index (χ0n) is 8.56. The van der Waals surface area contributed by atoms with Gasteiger partial charge >= 0.3 is 0 Å². The first kappa shape index (κ1) is 12.2. The van der Waals surface area contributed by atoms with E-state index in [1.54, 1.807) is 18.3 Å². The third kappa shape index (κ3) is 4.42. The van der Waals surface area contributed by atoms with Crippen molar-refractivity contribution in [1.82, 2.24) is 9.88 Å². The molecule has 4 heteroatoms. The SMILES string of the molecule is C=CCN(CCO)Cc1cc(Cl)ccn1. The first-order valence-electron chi connectivity index (χ1n) is 4.81. The highest BCUT2D eigenvalue weighted by Gasteiger charge is 2.04. The molecule has 3 nitrogen and oxygen atoms in total. The van der Waals surface area contributed by atoms with Crippen LogP contribution in [0, 0.1) is 0 Å². The maximum absolute atomic E-state index is 8.87. The van der Waals surface area contributed by atoms with Gasteiger partial charge in [0.2, 0.25) is 0 Å². The van der Waals surface area contributed by atoms with E-state index in [0.717, 1.165) is 12.2 Å². The second-order valence-electron chi connectivity index (χ2n) is 3.21. The largest absolute Gasteiger partial charge is 0.395 e. The Balaban J connectivity index is 2.60. The summed E-state index contributed by atoms with van der Waals surface area (Å²) in [7, 11) is 0. The highest BCUT2D eigenvalue weighted by atomic mass is 35.5. The van der Waals surface area contributed by atoms with Crippen molar-refractivity contribution < 1.29 is 5.11 Å². The zero-order valence-corrected chi connectivity index (χ0v) is 9.32. The standard InChI is InChI=1S/C11H15ClN2O/c1-2-5-14(6-7-15)9-11-8-10(12)3-4-13-11/h2-4,8,15H,1,5-7,9H2. The van der Waals surface area contributed by atoms with Crippen molar-refractivity contribution in [3.8, 4) is 0 Å². The summed E-state index contributed by atoms with van der Waals surface area (Å²) in [5.74, 6) is 0. The summed E-state index contributed by atoms with van der Waals surface area (Å²) in [5.41, 5.74) is 0.901. The van der Waals surface area contributed by atoms with Crippen molar-refractivity contribution in [3.05, 3.63) is 41.7 Å². The highest BCUT2D eigenvalue weighted by Crippen LogP contribution is 2.09. The molecule has 0 aliphatic rings. The molecule has 0 aliphatic carbocycles. The average molecular weight is 227 g/mol. The van der Waals surface area contributed by atoms with Crippen LogP contribution in [0.15, 0.2) is 31.0 Å². The van der Waals surface area contributed by atoms with Crippen LogP contribution >= 0.6 is 11.6 Å². The van der Waals surface area contributed by atoms with Crippen molar-refractivity contribution in [1.29, 1.82) is 0 Å². The number of aliphatic hydroxyl groups excluding tert-OH is 1. The van der Waals surface area contributed by atoms with Crippen LogP contribution in [0.3, 0.4) is 0 Å². The van der Waals surface area contributed by atoms with Gasteiger partial charge in [0.05, 0.1) is 12.3 Å². The molecule has 1 rings (SSSR count). The molecule has 1 heterocycles. The summed E-state index contributed by atoms with van der Waals surface area (Å²) in [6, 6.07) is 3.57. The van der Waals surface area contributed by atoms with E-state index in [0.29, 0.717) is 18.1 Å². The monoisotopic (exact) mass is 226 g/mol.